The molecule has 0 bridgehead atoms. The first-order valence-corrected chi connectivity index (χ1v) is 8.52. The van der Waals surface area contributed by atoms with Crippen LogP contribution in [0.4, 0.5) is 0 Å². The highest BCUT2D eigenvalue weighted by Crippen LogP contribution is 2.34. The van der Waals surface area contributed by atoms with Gasteiger partial charge in [-0.1, -0.05) is 78.9 Å². The molecule has 0 aliphatic carbocycles. The van der Waals surface area contributed by atoms with Crippen molar-refractivity contribution in [2.75, 3.05) is 0 Å². The summed E-state index contributed by atoms with van der Waals surface area (Å²) >= 11 is 1.85. The first-order valence-electron chi connectivity index (χ1n) is 7.71. The Kier molecular flexibility index (Phi) is 3.79. The highest BCUT2D eigenvalue weighted by atomic mass is 32.1. The molecule has 110 valence electrons. The number of fused-ring (bicyclic) bond motifs is 1. The molecule has 0 radical (unpaired) electrons. The number of rotatable bonds is 3. The molecular formula is C22H16S. The molecule has 0 nitrogen and oxygen atoms in total. The number of hydrogen-bond donors (Lipinski definition) is 0. The molecule has 4 rings (SSSR count). The number of thiophene rings is 1. The predicted molar refractivity (Wildman–Crippen MR) is 103 cm³/mol. The monoisotopic (exact) mass is 312 g/mol. The van der Waals surface area contributed by atoms with Gasteiger partial charge in [-0.05, 0) is 40.3 Å². The van der Waals surface area contributed by atoms with E-state index in [-0.39, 0.29) is 0 Å². The summed E-state index contributed by atoms with van der Waals surface area (Å²) in [4.78, 5) is 1.32. The molecule has 0 unspecified atom stereocenters. The Morgan fingerprint density at radius 3 is 2.09 bits per heavy atom. The Labute approximate surface area is 140 Å². The van der Waals surface area contributed by atoms with Crippen molar-refractivity contribution in [3.05, 3.63) is 96.1 Å². The summed E-state index contributed by atoms with van der Waals surface area (Å²) in [7, 11) is 0. The van der Waals surface area contributed by atoms with Crippen molar-refractivity contribution < 1.29 is 0 Å². The minimum atomic E-state index is 1.22. The van der Waals surface area contributed by atoms with Crippen LogP contribution in [0.15, 0.2) is 84.9 Å². The molecule has 0 amide bonds. The lowest BCUT2D eigenvalue weighted by Gasteiger charge is -1.95. The standard InChI is InChI=1S/C22H16S/c1-3-7-17(8-4-1)11-12-18-13-14-21-20(15-18)16-22(23-21)19-9-5-2-6-10-19/h1-16H/b12-11+. The number of benzene rings is 3. The lowest BCUT2D eigenvalue weighted by Crippen LogP contribution is -1.72. The Morgan fingerprint density at radius 1 is 0.609 bits per heavy atom. The van der Waals surface area contributed by atoms with Gasteiger partial charge in [0.2, 0.25) is 0 Å². The maximum absolute atomic E-state index is 2.29. The van der Waals surface area contributed by atoms with Gasteiger partial charge in [-0.15, -0.1) is 11.3 Å². The molecule has 0 spiro atoms. The van der Waals surface area contributed by atoms with E-state index < -0.39 is 0 Å². The van der Waals surface area contributed by atoms with Gasteiger partial charge in [-0.3, -0.25) is 0 Å². The Morgan fingerprint density at radius 2 is 1.30 bits per heavy atom. The summed E-state index contributed by atoms with van der Waals surface area (Å²) in [6, 6.07) is 29.9. The molecule has 0 atom stereocenters. The maximum atomic E-state index is 2.29. The van der Waals surface area contributed by atoms with Crippen LogP contribution in [0.3, 0.4) is 0 Å². The van der Waals surface area contributed by atoms with Crippen LogP contribution in [-0.4, -0.2) is 0 Å². The number of hydrogen-bond acceptors (Lipinski definition) is 1. The molecule has 0 fully saturated rings. The lowest BCUT2D eigenvalue weighted by molar-refractivity contribution is 1.66. The molecule has 1 heterocycles. The fourth-order valence-corrected chi connectivity index (χ4v) is 3.72. The average molecular weight is 312 g/mol. The largest absolute Gasteiger partial charge is 0.135 e. The molecule has 1 aromatic heterocycles. The Bertz CT molecular complexity index is 947. The average Bonchev–Trinajstić information content (AvgIpc) is 3.05. The molecule has 0 aliphatic rings. The van der Waals surface area contributed by atoms with Crippen LogP contribution in [0.1, 0.15) is 11.1 Å². The molecular weight excluding hydrogens is 296 g/mol. The summed E-state index contributed by atoms with van der Waals surface area (Å²) in [6.45, 7) is 0. The SMILES string of the molecule is C(=C\c1ccc2sc(-c3ccccc3)cc2c1)/c1ccccc1. The van der Waals surface area contributed by atoms with Gasteiger partial charge in [0.05, 0.1) is 0 Å². The topological polar surface area (TPSA) is 0 Å². The van der Waals surface area contributed by atoms with E-state index in [1.54, 1.807) is 0 Å². The zero-order chi connectivity index (χ0) is 15.5. The van der Waals surface area contributed by atoms with E-state index in [1.165, 1.54) is 31.7 Å². The Balaban J connectivity index is 1.67. The van der Waals surface area contributed by atoms with Gasteiger partial charge in [0, 0.05) is 9.58 Å². The summed E-state index contributed by atoms with van der Waals surface area (Å²) in [5.41, 5.74) is 3.75. The van der Waals surface area contributed by atoms with Crippen molar-refractivity contribution in [2.24, 2.45) is 0 Å². The van der Waals surface area contributed by atoms with Gasteiger partial charge in [-0.25, -0.2) is 0 Å². The van der Waals surface area contributed by atoms with E-state index >= 15 is 0 Å². The van der Waals surface area contributed by atoms with E-state index in [0.29, 0.717) is 0 Å². The third-order valence-electron chi connectivity index (χ3n) is 3.87. The van der Waals surface area contributed by atoms with Crippen molar-refractivity contribution in [3.8, 4) is 10.4 Å². The second-order valence-corrected chi connectivity index (χ2v) is 6.60. The van der Waals surface area contributed by atoms with Gasteiger partial charge in [0.25, 0.3) is 0 Å². The summed E-state index contributed by atoms with van der Waals surface area (Å²) in [5.74, 6) is 0. The van der Waals surface area contributed by atoms with Crippen LogP contribution < -0.4 is 0 Å². The minimum Gasteiger partial charge on any atom is -0.135 e. The van der Waals surface area contributed by atoms with Crippen molar-refractivity contribution >= 4 is 33.6 Å². The molecule has 1 heteroatoms. The lowest BCUT2D eigenvalue weighted by atomic mass is 10.1. The van der Waals surface area contributed by atoms with Gasteiger partial charge < -0.3 is 0 Å². The van der Waals surface area contributed by atoms with Crippen LogP contribution in [0, 0.1) is 0 Å². The normalized spacial score (nSPS) is 11.3. The van der Waals surface area contributed by atoms with Crippen molar-refractivity contribution in [2.45, 2.75) is 0 Å². The fraction of sp³-hybridized carbons (Fsp3) is 0. The Hall–Kier alpha value is -2.64. The van der Waals surface area contributed by atoms with Gasteiger partial charge in [0.1, 0.15) is 0 Å². The maximum Gasteiger partial charge on any atom is 0.0355 e. The van der Waals surface area contributed by atoms with E-state index in [4.69, 9.17) is 0 Å². The molecule has 0 N–H and O–H groups in total. The quantitative estimate of drug-likeness (QED) is 0.367. The molecule has 4 aromatic rings. The van der Waals surface area contributed by atoms with Crippen LogP contribution in [0.25, 0.3) is 32.7 Å². The zero-order valence-corrected chi connectivity index (χ0v) is 13.5. The smallest absolute Gasteiger partial charge is 0.0355 e. The highest BCUT2D eigenvalue weighted by Gasteiger charge is 2.04. The second kappa shape index (κ2) is 6.23. The van der Waals surface area contributed by atoms with Gasteiger partial charge >= 0.3 is 0 Å². The molecule has 0 saturated heterocycles. The highest BCUT2D eigenvalue weighted by molar-refractivity contribution is 7.22. The van der Waals surface area contributed by atoms with Gasteiger partial charge in [-0.2, -0.15) is 0 Å². The first-order chi connectivity index (χ1) is 11.4. The van der Waals surface area contributed by atoms with Crippen LogP contribution in [0.5, 0.6) is 0 Å². The van der Waals surface area contributed by atoms with Crippen LogP contribution in [0.2, 0.25) is 0 Å². The van der Waals surface area contributed by atoms with Crippen molar-refractivity contribution in [3.63, 3.8) is 0 Å². The van der Waals surface area contributed by atoms with E-state index in [1.807, 2.05) is 17.4 Å². The predicted octanol–water partition coefficient (Wildman–Crippen LogP) is 6.74. The van der Waals surface area contributed by atoms with Crippen LogP contribution >= 0.6 is 11.3 Å². The summed E-state index contributed by atoms with van der Waals surface area (Å²) in [5, 5.41) is 1.31. The summed E-state index contributed by atoms with van der Waals surface area (Å²) < 4.78 is 1.33. The van der Waals surface area contributed by atoms with Crippen molar-refractivity contribution in [1.82, 2.24) is 0 Å². The molecule has 0 aliphatic heterocycles. The third-order valence-corrected chi connectivity index (χ3v) is 5.03. The van der Waals surface area contributed by atoms with Crippen molar-refractivity contribution in [1.29, 1.82) is 0 Å². The van der Waals surface area contributed by atoms with E-state index in [2.05, 4.69) is 91.0 Å². The second-order valence-electron chi connectivity index (χ2n) is 5.52. The van der Waals surface area contributed by atoms with Gasteiger partial charge in [0.15, 0.2) is 0 Å². The fourth-order valence-electron chi connectivity index (χ4n) is 2.67. The van der Waals surface area contributed by atoms with E-state index in [9.17, 15) is 0 Å². The first kappa shape index (κ1) is 14.0. The third kappa shape index (κ3) is 3.10. The zero-order valence-electron chi connectivity index (χ0n) is 12.6. The summed E-state index contributed by atoms with van der Waals surface area (Å²) in [6.07, 6.45) is 4.33. The molecule has 0 saturated carbocycles. The van der Waals surface area contributed by atoms with E-state index in [0.717, 1.165) is 0 Å². The van der Waals surface area contributed by atoms with Crippen LogP contribution in [-0.2, 0) is 0 Å². The minimum absolute atomic E-state index is 1.22. The molecule has 23 heavy (non-hydrogen) atoms. The molecule has 3 aromatic carbocycles.